The number of benzene rings is 1. The Balaban J connectivity index is 2.12. The summed E-state index contributed by atoms with van der Waals surface area (Å²) in [5.41, 5.74) is 2.65. The molecule has 0 aliphatic heterocycles. The quantitative estimate of drug-likeness (QED) is 0.533. The zero-order chi connectivity index (χ0) is 13.5. The molecule has 0 nitrogen and oxygen atoms in total. The lowest BCUT2D eigenvalue weighted by atomic mass is 9.76. The van der Waals surface area contributed by atoms with Crippen LogP contribution in [0.3, 0.4) is 0 Å². The van der Waals surface area contributed by atoms with Crippen LogP contribution >= 0.6 is 22.2 Å². The standard InChI is InChI=1S/C16H16Cl2Si/c1-12-6-4-5-11-16(12,19(17)18)15-10-9-13-7-2-3-8-14(13)15/h2-12,15,19H,1H3. The summed E-state index contributed by atoms with van der Waals surface area (Å²) < 4.78 is 0. The molecule has 0 saturated carbocycles. The second kappa shape index (κ2) is 4.97. The average molecular weight is 307 g/mol. The highest BCUT2D eigenvalue weighted by atomic mass is 35.7. The number of halogens is 2. The van der Waals surface area contributed by atoms with Crippen molar-refractivity contribution in [2.24, 2.45) is 5.92 Å². The number of fused-ring (bicyclic) bond motifs is 1. The highest BCUT2D eigenvalue weighted by molar-refractivity contribution is 7.35. The monoisotopic (exact) mass is 306 g/mol. The average Bonchev–Trinajstić information content (AvgIpc) is 2.83. The van der Waals surface area contributed by atoms with Gasteiger partial charge >= 0.3 is 0 Å². The first-order chi connectivity index (χ1) is 9.16. The molecule has 0 aromatic heterocycles. The van der Waals surface area contributed by atoms with Crippen LogP contribution in [0.25, 0.3) is 6.08 Å². The summed E-state index contributed by atoms with van der Waals surface area (Å²) in [5, 5.41) is -0.124. The molecular weight excluding hydrogens is 291 g/mol. The SMILES string of the molecule is CC1C=CC=CC1(C1C=Cc2ccccc21)[SiH](Cl)Cl. The highest BCUT2D eigenvalue weighted by Crippen LogP contribution is 2.59. The molecule has 3 unspecified atom stereocenters. The predicted octanol–water partition coefficient (Wildman–Crippen LogP) is 5.00. The molecule has 0 N–H and O–H groups in total. The number of hydrogen-bond acceptors (Lipinski definition) is 0. The van der Waals surface area contributed by atoms with Crippen molar-refractivity contribution < 1.29 is 0 Å². The van der Waals surface area contributed by atoms with Gasteiger partial charge in [-0.15, -0.1) is 22.2 Å². The third kappa shape index (κ3) is 1.96. The molecule has 0 fully saturated rings. The van der Waals surface area contributed by atoms with Gasteiger partial charge in [0, 0.05) is 11.0 Å². The van der Waals surface area contributed by atoms with E-state index in [0.29, 0.717) is 11.8 Å². The molecule has 0 radical (unpaired) electrons. The van der Waals surface area contributed by atoms with Crippen LogP contribution in [-0.2, 0) is 0 Å². The van der Waals surface area contributed by atoms with Crippen molar-refractivity contribution in [2.45, 2.75) is 17.9 Å². The molecule has 19 heavy (non-hydrogen) atoms. The zero-order valence-electron chi connectivity index (χ0n) is 10.8. The first-order valence-electron chi connectivity index (χ1n) is 6.57. The number of hydrogen-bond donors (Lipinski definition) is 0. The van der Waals surface area contributed by atoms with Gasteiger partial charge in [-0.2, -0.15) is 0 Å². The summed E-state index contributed by atoms with van der Waals surface area (Å²) >= 11 is 13.1. The lowest BCUT2D eigenvalue weighted by Crippen LogP contribution is -2.34. The van der Waals surface area contributed by atoms with Crippen LogP contribution in [0.1, 0.15) is 24.0 Å². The van der Waals surface area contributed by atoms with Gasteiger partial charge in [0.1, 0.15) is 0 Å². The molecule has 1 aromatic rings. The maximum atomic E-state index is 6.54. The lowest BCUT2D eigenvalue weighted by molar-refractivity contribution is 0.485. The van der Waals surface area contributed by atoms with Gasteiger partial charge in [-0.25, -0.2) is 0 Å². The number of allylic oxidation sites excluding steroid dienone is 5. The Labute approximate surface area is 125 Å². The van der Waals surface area contributed by atoms with Gasteiger partial charge in [0.05, 0.1) is 0 Å². The first kappa shape index (κ1) is 13.2. The van der Waals surface area contributed by atoms with Crippen LogP contribution in [-0.4, -0.2) is 7.42 Å². The molecule has 2 aliphatic rings. The summed E-state index contributed by atoms with van der Waals surface area (Å²) in [4.78, 5) is 0. The molecule has 98 valence electrons. The Morgan fingerprint density at radius 3 is 2.63 bits per heavy atom. The fourth-order valence-electron chi connectivity index (χ4n) is 3.25. The van der Waals surface area contributed by atoms with Crippen molar-refractivity contribution in [2.75, 3.05) is 0 Å². The first-order valence-corrected chi connectivity index (χ1v) is 10.6. The highest BCUT2D eigenvalue weighted by Gasteiger charge is 2.48. The molecule has 3 atom stereocenters. The normalized spacial score (nSPS) is 32.0. The predicted molar refractivity (Wildman–Crippen MR) is 87.2 cm³/mol. The van der Waals surface area contributed by atoms with Crippen LogP contribution in [0.5, 0.6) is 0 Å². The summed E-state index contributed by atoms with van der Waals surface area (Å²) in [6.07, 6.45) is 13.1. The van der Waals surface area contributed by atoms with Gasteiger partial charge in [-0.3, -0.25) is 0 Å². The van der Waals surface area contributed by atoms with Gasteiger partial charge in [-0.05, 0) is 17.0 Å². The van der Waals surface area contributed by atoms with Crippen LogP contribution < -0.4 is 0 Å². The Kier molecular flexibility index (Phi) is 3.46. The minimum Gasteiger partial charge on any atom is -0.149 e. The van der Waals surface area contributed by atoms with E-state index < -0.39 is 7.42 Å². The van der Waals surface area contributed by atoms with E-state index in [4.69, 9.17) is 22.2 Å². The van der Waals surface area contributed by atoms with Crippen LogP contribution in [0.15, 0.2) is 54.6 Å². The minimum absolute atomic E-state index is 0.124. The van der Waals surface area contributed by atoms with E-state index in [0.717, 1.165) is 0 Å². The molecule has 0 spiro atoms. The van der Waals surface area contributed by atoms with E-state index >= 15 is 0 Å². The molecule has 2 aliphatic carbocycles. The third-order valence-corrected chi connectivity index (χ3v) is 8.50. The maximum Gasteiger partial charge on any atom is 0.248 e. The van der Waals surface area contributed by atoms with Gasteiger partial charge < -0.3 is 0 Å². The fourth-order valence-corrected chi connectivity index (χ4v) is 7.02. The smallest absolute Gasteiger partial charge is 0.149 e. The fraction of sp³-hybridized carbons (Fsp3) is 0.250. The topological polar surface area (TPSA) is 0 Å². The number of rotatable bonds is 2. The van der Waals surface area contributed by atoms with Gasteiger partial charge in [0.25, 0.3) is 0 Å². The lowest BCUT2D eigenvalue weighted by Gasteiger charge is -2.42. The Bertz CT molecular complexity index is 574. The maximum absolute atomic E-state index is 6.54. The Morgan fingerprint density at radius 2 is 1.89 bits per heavy atom. The summed E-state index contributed by atoms with van der Waals surface area (Å²) in [6.45, 7) is 2.22. The molecule has 1 aromatic carbocycles. The van der Waals surface area contributed by atoms with Crippen molar-refractivity contribution >= 4 is 35.7 Å². The minimum atomic E-state index is -1.90. The summed E-state index contributed by atoms with van der Waals surface area (Å²) in [6, 6.07) is 8.53. The van der Waals surface area contributed by atoms with Crippen molar-refractivity contribution in [3.05, 3.63) is 65.8 Å². The Hall–Kier alpha value is -0.763. The molecule has 0 saturated heterocycles. The van der Waals surface area contributed by atoms with Crippen LogP contribution in [0, 0.1) is 5.92 Å². The zero-order valence-corrected chi connectivity index (χ0v) is 13.4. The van der Waals surface area contributed by atoms with Crippen molar-refractivity contribution in [3.63, 3.8) is 0 Å². The van der Waals surface area contributed by atoms with E-state index in [-0.39, 0.29) is 5.04 Å². The third-order valence-electron chi connectivity index (χ3n) is 4.40. The van der Waals surface area contributed by atoms with Gasteiger partial charge in [0.2, 0.25) is 7.42 Å². The van der Waals surface area contributed by atoms with E-state index in [1.54, 1.807) is 0 Å². The summed E-state index contributed by atoms with van der Waals surface area (Å²) in [7, 11) is -1.90. The van der Waals surface area contributed by atoms with E-state index in [1.165, 1.54) is 11.1 Å². The van der Waals surface area contributed by atoms with Crippen molar-refractivity contribution in [1.82, 2.24) is 0 Å². The molecule has 0 amide bonds. The second-order valence-corrected chi connectivity index (χ2v) is 10.2. The van der Waals surface area contributed by atoms with E-state index in [2.05, 4.69) is 67.6 Å². The molecule has 0 bridgehead atoms. The van der Waals surface area contributed by atoms with Gasteiger partial charge in [-0.1, -0.05) is 67.6 Å². The van der Waals surface area contributed by atoms with Crippen LogP contribution in [0.4, 0.5) is 0 Å². The van der Waals surface area contributed by atoms with E-state index in [1.807, 2.05) is 0 Å². The molecular formula is C16H16Cl2Si. The molecule has 0 heterocycles. The largest absolute Gasteiger partial charge is 0.248 e. The molecule has 3 heteroatoms. The van der Waals surface area contributed by atoms with E-state index in [9.17, 15) is 0 Å². The molecule has 3 rings (SSSR count). The van der Waals surface area contributed by atoms with Crippen molar-refractivity contribution in [3.8, 4) is 0 Å². The van der Waals surface area contributed by atoms with Crippen molar-refractivity contribution in [1.29, 1.82) is 0 Å². The van der Waals surface area contributed by atoms with Crippen LogP contribution in [0.2, 0.25) is 5.04 Å². The summed E-state index contributed by atoms with van der Waals surface area (Å²) in [5.74, 6) is 0.663. The Morgan fingerprint density at radius 1 is 1.11 bits per heavy atom. The second-order valence-electron chi connectivity index (χ2n) is 5.30. The van der Waals surface area contributed by atoms with Gasteiger partial charge in [0.15, 0.2) is 0 Å².